The molecule has 1 aromatic heterocycles. The molecule has 2 rings (SSSR count). The van der Waals surface area contributed by atoms with Crippen LogP contribution in [0.2, 0.25) is 0 Å². The highest BCUT2D eigenvalue weighted by Crippen LogP contribution is 2.13. The van der Waals surface area contributed by atoms with Crippen molar-refractivity contribution in [1.29, 1.82) is 5.26 Å². The monoisotopic (exact) mass is 215 g/mol. The number of rotatable bonds is 2. The molecule has 0 saturated heterocycles. The molecule has 0 aliphatic heterocycles. The summed E-state index contributed by atoms with van der Waals surface area (Å²) in [7, 11) is 0. The normalized spacial score (nSPS) is 10.9. The number of aromatic nitrogens is 2. The van der Waals surface area contributed by atoms with Gasteiger partial charge in [0.15, 0.2) is 0 Å². The Morgan fingerprint density at radius 1 is 1.50 bits per heavy atom. The second-order valence-corrected chi connectivity index (χ2v) is 4.28. The number of H-pyrrole nitrogens is 1. The third-order valence-electron chi connectivity index (χ3n) is 2.45. The molecule has 1 N–H and O–H groups in total. The van der Waals surface area contributed by atoms with Gasteiger partial charge in [-0.05, 0) is 24.1 Å². The van der Waals surface area contributed by atoms with E-state index in [0.29, 0.717) is 18.0 Å². The topological polar surface area (TPSA) is 61.6 Å². The maximum Gasteiger partial charge on any atom is 0.326 e. The van der Waals surface area contributed by atoms with Crippen molar-refractivity contribution in [3.8, 4) is 6.07 Å². The first-order chi connectivity index (χ1) is 7.61. The molecule has 82 valence electrons. The van der Waals surface area contributed by atoms with Crippen molar-refractivity contribution >= 4 is 11.0 Å². The Balaban J connectivity index is 2.63. The summed E-state index contributed by atoms with van der Waals surface area (Å²) in [6.45, 7) is 4.81. The zero-order chi connectivity index (χ0) is 11.7. The van der Waals surface area contributed by atoms with Crippen LogP contribution in [0, 0.1) is 17.2 Å². The van der Waals surface area contributed by atoms with Gasteiger partial charge in [0, 0.05) is 6.54 Å². The van der Waals surface area contributed by atoms with Gasteiger partial charge >= 0.3 is 5.69 Å². The predicted molar refractivity (Wildman–Crippen MR) is 62.1 cm³/mol. The van der Waals surface area contributed by atoms with Crippen molar-refractivity contribution in [3.05, 3.63) is 34.2 Å². The Morgan fingerprint density at radius 3 is 2.88 bits per heavy atom. The summed E-state index contributed by atoms with van der Waals surface area (Å²) in [5.74, 6) is 0.410. The highest BCUT2D eigenvalue weighted by atomic mass is 16.1. The Kier molecular flexibility index (Phi) is 2.53. The van der Waals surface area contributed by atoms with Crippen LogP contribution in [0.15, 0.2) is 23.0 Å². The summed E-state index contributed by atoms with van der Waals surface area (Å²) in [5.41, 5.74) is 2.03. The summed E-state index contributed by atoms with van der Waals surface area (Å²) in [6, 6.07) is 7.30. The van der Waals surface area contributed by atoms with E-state index in [0.717, 1.165) is 11.0 Å². The molecule has 2 aromatic rings. The van der Waals surface area contributed by atoms with E-state index in [1.807, 2.05) is 6.07 Å². The molecule has 0 aliphatic rings. The molecule has 0 radical (unpaired) electrons. The lowest BCUT2D eigenvalue weighted by atomic mass is 10.2. The van der Waals surface area contributed by atoms with Crippen molar-refractivity contribution in [1.82, 2.24) is 9.55 Å². The molecule has 0 saturated carbocycles. The van der Waals surface area contributed by atoms with Crippen LogP contribution in [0.25, 0.3) is 11.0 Å². The van der Waals surface area contributed by atoms with E-state index in [1.54, 1.807) is 16.7 Å². The number of nitrogens with one attached hydrogen (secondary N) is 1. The van der Waals surface area contributed by atoms with E-state index in [1.165, 1.54) is 0 Å². The lowest BCUT2D eigenvalue weighted by molar-refractivity contribution is 0.522. The molecule has 1 heterocycles. The highest BCUT2D eigenvalue weighted by Gasteiger charge is 2.08. The number of fused-ring (bicyclic) bond motifs is 1. The lowest BCUT2D eigenvalue weighted by Gasteiger charge is -2.05. The van der Waals surface area contributed by atoms with E-state index < -0.39 is 0 Å². The van der Waals surface area contributed by atoms with Crippen molar-refractivity contribution < 1.29 is 0 Å². The van der Waals surface area contributed by atoms with Gasteiger partial charge in [0.05, 0.1) is 22.7 Å². The van der Waals surface area contributed by atoms with Crippen LogP contribution in [0.4, 0.5) is 0 Å². The maximum atomic E-state index is 11.7. The Morgan fingerprint density at radius 2 is 2.25 bits per heavy atom. The van der Waals surface area contributed by atoms with Gasteiger partial charge < -0.3 is 4.98 Å². The molecule has 4 heteroatoms. The maximum absolute atomic E-state index is 11.7. The van der Waals surface area contributed by atoms with E-state index >= 15 is 0 Å². The van der Waals surface area contributed by atoms with Gasteiger partial charge in [-0.25, -0.2) is 4.79 Å². The second kappa shape index (κ2) is 3.86. The first-order valence-corrected chi connectivity index (χ1v) is 5.24. The molecule has 0 atom stereocenters. The molecule has 16 heavy (non-hydrogen) atoms. The van der Waals surface area contributed by atoms with E-state index in [4.69, 9.17) is 5.26 Å². The number of nitriles is 1. The van der Waals surface area contributed by atoms with E-state index in [9.17, 15) is 4.79 Å². The second-order valence-electron chi connectivity index (χ2n) is 4.28. The Hall–Kier alpha value is -2.02. The highest BCUT2D eigenvalue weighted by molar-refractivity contribution is 5.76. The van der Waals surface area contributed by atoms with Crippen LogP contribution in [0.1, 0.15) is 19.4 Å². The average Bonchev–Trinajstić information content (AvgIpc) is 2.54. The fraction of sp³-hybridized carbons (Fsp3) is 0.333. The van der Waals surface area contributed by atoms with E-state index in [-0.39, 0.29) is 5.69 Å². The largest absolute Gasteiger partial charge is 0.326 e. The molecule has 0 bridgehead atoms. The van der Waals surface area contributed by atoms with Crippen LogP contribution in [-0.2, 0) is 6.54 Å². The summed E-state index contributed by atoms with van der Waals surface area (Å²) < 4.78 is 1.71. The van der Waals surface area contributed by atoms with Gasteiger partial charge in [-0.15, -0.1) is 0 Å². The number of imidazole rings is 1. The number of nitrogens with zero attached hydrogens (tertiary/aromatic N) is 2. The van der Waals surface area contributed by atoms with E-state index in [2.05, 4.69) is 24.9 Å². The lowest BCUT2D eigenvalue weighted by Crippen LogP contribution is -2.19. The molecular weight excluding hydrogens is 202 g/mol. The summed E-state index contributed by atoms with van der Waals surface area (Å²) >= 11 is 0. The van der Waals surface area contributed by atoms with Crippen LogP contribution >= 0.6 is 0 Å². The third-order valence-corrected chi connectivity index (χ3v) is 2.45. The zero-order valence-electron chi connectivity index (χ0n) is 9.32. The first kappa shape index (κ1) is 10.5. The predicted octanol–water partition coefficient (Wildman–Crippen LogP) is 1.86. The SMILES string of the molecule is CC(C)Cn1c(=O)[nH]c2cc(C#N)ccc21. The molecule has 0 spiro atoms. The van der Waals surface area contributed by atoms with Crippen molar-refractivity contribution in [3.63, 3.8) is 0 Å². The molecule has 4 nitrogen and oxygen atoms in total. The van der Waals surface area contributed by atoms with Gasteiger partial charge in [-0.2, -0.15) is 5.26 Å². The fourth-order valence-corrected chi connectivity index (χ4v) is 1.78. The summed E-state index contributed by atoms with van der Waals surface area (Å²) in [6.07, 6.45) is 0. The molecule has 0 amide bonds. The number of aromatic amines is 1. The fourth-order valence-electron chi connectivity index (χ4n) is 1.78. The number of hydrogen-bond acceptors (Lipinski definition) is 2. The number of hydrogen-bond donors (Lipinski definition) is 1. The molecular formula is C12H13N3O. The molecule has 0 unspecified atom stereocenters. The van der Waals surface area contributed by atoms with Gasteiger partial charge in [0.1, 0.15) is 0 Å². The van der Waals surface area contributed by atoms with Crippen molar-refractivity contribution in [2.45, 2.75) is 20.4 Å². The summed E-state index contributed by atoms with van der Waals surface area (Å²) in [5, 5.41) is 8.77. The van der Waals surface area contributed by atoms with Crippen LogP contribution in [-0.4, -0.2) is 9.55 Å². The molecule has 1 aromatic carbocycles. The Labute approximate surface area is 93.1 Å². The quantitative estimate of drug-likeness (QED) is 0.831. The van der Waals surface area contributed by atoms with Crippen LogP contribution in [0.5, 0.6) is 0 Å². The smallest absolute Gasteiger partial charge is 0.305 e. The first-order valence-electron chi connectivity index (χ1n) is 5.24. The summed E-state index contributed by atoms with van der Waals surface area (Å²) in [4.78, 5) is 14.5. The number of benzene rings is 1. The van der Waals surface area contributed by atoms with Gasteiger partial charge in [-0.1, -0.05) is 13.8 Å². The minimum atomic E-state index is -0.112. The van der Waals surface area contributed by atoms with Crippen molar-refractivity contribution in [2.24, 2.45) is 5.92 Å². The van der Waals surface area contributed by atoms with Crippen LogP contribution < -0.4 is 5.69 Å². The standard InChI is InChI=1S/C12H13N3O/c1-8(2)7-15-11-4-3-9(6-13)5-10(11)14-12(15)16/h3-5,8H,7H2,1-2H3,(H,14,16). The van der Waals surface area contributed by atoms with Crippen LogP contribution in [0.3, 0.4) is 0 Å². The minimum Gasteiger partial charge on any atom is -0.305 e. The van der Waals surface area contributed by atoms with Gasteiger partial charge in [-0.3, -0.25) is 4.57 Å². The van der Waals surface area contributed by atoms with Gasteiger partial charge in [0.2, 0.25) is 0 Å². The van der Waals surface area contributed by atoms with Gasteiger partial charge in [0.25, 0.3) is 0 Å². The Bertz CT molecular complexity index is 613. The zero-order valence-corrected chi connectivity index (χ0v) is 9.32. The molecule has 0 aliphatic carbocycles. The molecule has 0 fully saturated rings. The average molecular weight is 215 g/mol. The van der Waals surface area contributed by atoms with Crippen molar-refractivity contribution in [2.75, 3.05) is 0 Å². The third kappa shape index (κ3) is 1.72. The minimum absolute atomic E-state index is 0.112.